The monoisotopic (exact) mass is 468 g/mol. The minimum atomic E-state index is -0.793. The van der Waals surface area contributed by atoms with Gasteiger partial charge in [0.15, 0.2) is 0 Å². The van der Waals surface area contributed by atoms with E-state index < -0.39 is 21.7 Å². The third-order valence-electron chi connectivity index (χ3n) is 4.21. The van der Waals surface area contributed by atoms with Gasteiger partial charge in [-0.25, -0.2) is 10.2 Å². The highest BCUT2D eigenvalue weighted by atomic mass is 35.5. The fraction of sp³-hybridized carbons (Fsp3) is 0. The molecule has 3 aromatic rings. The number of ether oxygens (including phenoxy) is 1. The molecule has 3 aromatic carbocycles. The third-order valence-corrected chi connectivity index (χ3v) is 4.54. The van der Waals surface area contributed by atoms with E-state index in [1.54, 1.807) is 12.1 Å². The third kappa shape index (κ3) is 5.74. The molecule has 0 saturated carbocycles. The molecular weight excluding hydrogens is 456 g/mol. The Morgan fingerprint density at radius 1 is 0.939 bits per heavy atom. The number of esters is 1. The zero-order valence-corrected chi connectivity index (χ0v) is 17.3. The second kappa shape index (κ2) is 10.1. The van der Waals surface area contributed by atoms with Crippen molar-refractivity contribution >= 4 is 41.1 Å². The summed E-state index contributed by atoms with van der Waals surface area (Å²) in [7, 11) is 0. The van der Waals surface area contributed by atoms with Gasteiger partial charge in [-0.15, -0.1) is 0 Å². The van der Waals surface area contributed by atoms with Gasteiger partial charge in [-0.2, -0.15) is 5.10 Å². The van der Waals surface area contributed by atoms with Crippen LogP contribution in [0.5, 0.6) is 5.75 Å². The highest BCUT2D eigenvalue weighted by Gasteiger charge is 2.17. The molecule has 0 heterocycles. The number of halogens is 1. The molecule has 0 saturated heterocycles. The molecule has 0 unspecified atom stereocenters. The Morgan fingerprint density at radius 3 is 2.21 bits per heavy atom. The maximum atomic E-state index is 12.4. The Bertz CT molecular complexity index is 1280. The zero-order valence-electron chi connectivity index (χ0n) is 16.5. The van der Waals surface area contributed by atoms with Crippen LogP contribution in [0.15, 0.2) is 71.8 Å². The predicted molar refractivity (Wildman–Crippen MR) is 118 cm³/mol. The van der Waals surface area contributed by atoms with Crippen LogP contribution in [0.1, 0.15) is 26.3 Å². The predicted octanol–water partition coefficient (Wildman–Crippen LogP) is 4.14. The van der Waals surface area contributed by atoms with Gasteiger partial charge >= 0.3 is 5.97 Å². The molecular formula is C21H13ClN4O7. The van der Waals surface area contributed by atoms with Crippen LogP contribution in [0.2, 0.25) is 5.02 Å². The van der Waals surface area contributed by atoms with E-state index in [9.17, 15) is 29.8 Å². The molecule has 11 nitrogen and oxygen atoms in total. The summed E-state index contributed by atoms with van der Waals surface area (Å²) in [5.74, 6) is -1.53. The average molecular weight is 469 g/mol. The van der Waals surface area contributed by atoms with Crippen molar-refractivity contribution < 1.29 is 24.2 Å². The van der Waals surface area contributed by atoms with Crippen LogP contribution in [0.3, 0.4) is 0 Å². The number of amides is 1. The van der Waals surface area contributed by atoms with E-state index in [4.69, 9.17) is 16.3 Å². The summed E-state index contributed by atoms with van der Waals surface area (Å²) in [6.45, 7) is 0. The number of nitrogens with one attached hydrogen (secondary N) is 1. The van der Waals surface area contributed by atoms with Crippen molar-refractivity contribution in [1.29, 1.82) is 0 Å². The van der Waals surface area contributed by atoms with Crippen molar-refractivity contribution in [3.63, 3.8) is 0 Å². The lowest BCUT2D eigenvalue weighted by molar-refractivity contribution is -0.385. The molecule has 0 aromatic heterocycles. The molecule has 0 fully saturated rings. The van der Waals surface area contributed by atoms with Crippen LogP contribution < -0.4 is 10.2 Å². The Kier molecular flexibility index (Phi) is 7.06. The lowest BCUT2D eigenvalue weighted by Crippen LogP contribution is -2.17. The molecule has 1 amide bonds. The van der Waals surface area contributed by atoms with Gasteiger partial charge in [0, 0.05) is 35.4 Å². The summed E-state index contributed by atoms with van der Waals surface area (Å²) >= 11 is 5.99. The summed E-state index contributed by atoms with van der Waals surface area (Å²) in [4.78, 5) is 45.2. The zero-order chi connectivity index (χ0) is 24.0. The average Bonchev–Trinajstić information content (AvgIpc) is 2.80. The number of carbonyl (C=O) groups excluding carboxylic acids is 2. The molecule has 0 aliphatic rings. The van der Waals surface area contributed by atoms with Crippen molar-refractivity contribution in [3.8, 4) is 5.75 Å². The van der Waals surface area contributed by atoms with E-state index in [0.717, 1.165) is 30.5 Å². The van der Waals surface area contributed by atoms with Crippen LogP contribution >= 0.6 is 11.6 Å². The lowest BCUT2D eigenvalue weighted by atomic mass is 10.2. The van der Waals surface area contributed by atoms with E-state index in [1.165, 1.54) is 30.3 Å². The maximum Gasteiger partial charge on any atom is 0.345 e. The van der Waals surface area contributed by atoms with E-state index in [0.29, 0.717) is 0 Å². The first-order valence-corrected chi connectivity index (χ1v) is 9.47. The molecule has 33 heavy (non-hydrogen) atoms. The van der Waals surface area contributed by atoms with E-state index in [-0.39, 0.29) is 38.8 Å². The summed E-state index contributed by atoms with van der Waals surface area (Å²) < 4.78 is 5.31. The first-order chi connectivity index (χ1) is 15.8. The molecule has 0 aliphatic heterocycles. The van der Waals surface area contributed by atoms with E-state index >= 15 is 0 Å². The number of non-ortho nitro benzene ring substituents is 2. The molecule has 166 valence electrons. The van der Waals surface area contributed by atoms with Gasteiger partial charge in [0.2, 0.25) is 0 Å². The first-order valence-electron chi connectivity index (χ1n) is 9.09. The van der Waals surface area contributed by atoms with Gasteiger partial charge in [-0.1, -0.05) is 23.7 Å². The summed E-state index contributed by atoms with van der Waals surface area (Å²) in [5.41, 5.74) is 1.94. The Labute approximate surface area is 190 Å². The number of nitro benzene ring substituents is 2. The van der Waals surface area contributed by atoms with Crippen LogP contribution in [-0.2, 0) is 0 Å². The molecule has 0 atom stereocenters. The smallest absolute Gasteiger partial charge is 0.345 e. The Morgan fingerprint density at radius 2 is 1.58 bits per heavy atom. The fourth-order valence-corrected chi connectivity index (χ4v) is 2.80. The number of carbonyl (C=O) groups is 2. The number of hydrogen-bond donors (Lipinski definition) is 1. The summed E-state index contributed by atoms with van der Waals surface area (Å²) in [6, 6.07) is 14.5. The minimum Gasteiger partial charge on any atom is -0.422 e. The van der Waals surface area contributed by atoms with Crippen molar-refractivity contribution in [2.24, 2.45) is 5.10 Å². The lowest BCUT2D eigenvalue weighted by Gasteiger charge is -2.08. The number of hydrazone groups is 1. The first kappa shape index (κ1) is 23.0. The highest BCUT2D eigenvalue weighted by Crippen LogP contribution is 2.25. The van der Waals surface area contributed by atoms with Gasteiger partial charge < -0.3 is 4.74 Å². The Hall–Kier alpha value is -4.64. The van der Waals surface area contributed by atoms with Gasteiger partial charge in [-0.3, -0.25) is 25.0 Å². The maximum absolute atomic E-state index is 12.4. The van der Waals surface area contributed by atoms with Crippen LogP contribution in [0.4, 0.5) is 11.4 Å². The summed E-state index contributed by atoms with van der Waals surface area (Å²) in [5, 5.41) is 25.7. The van der Waals surface area contributed by atoms with Gasteiger partial charge in [0.1, 0.15) is 5.75 Å². The van der Waals surface area contributed by atoms with Gasteiger partial charge in [0.25, 0.3) is 17.3 Å². The largest absolute Gasteiger partial charge is 0.422 e. The van der Waals surface area contributed by atoms with Crippen molar-refractivity contribution in [2.45, 2.75) is 0 Å². The van der Waals surface area contributed by atoms with Crippen LogP contribution in [0.25, 0.3) is 0 Å². The number of hydrogen-bond acceptors (Lipinski definition) is 8. The molecule has 0 bridgehead atoms. The molecule has 3 rings (SSSR count). The number of benzene rings is 3. The summed E-state index contributed by atoms with van der Waals surface area (Å²) in [6.07, 6.45) is 1.06. The normalized spacial score (nSPS) is 10.6. The molecule has 0 radical (unpaired) electrons. The number of nitrogens with zero attached hydrogens (tertiary/aromatic N) is 3. The minimum absolute atomic E-state index is 0.0357. The Balaban J connectivity index is 1.80. The molecule has 1 N–H and O–H groups in total. The highest BCUT2D eigenvalue weighted by molar-refractivity contribution is 6.33. The topological polar surface area (TPSA) is 154 Å². The van der Waals surface area contributed by atoms with E-state index in [2.05, 4.69) is 10.5 Å². The quantitative estimate of drug-likeness (QED) is 0.179. The van der Waals surface area contributed by atoms with E-state index in [1.807, 2.05) is 0 Å². The van der Waals surface area contributed by atoms with Gasteiger partial charge in [0.05, 0.1) is 26.6 Å². The SMILES string of the molecule is O=C(N/N=C/c1cc([N+](=O)[O-])ccc1OC(=O)c1ccccc1Cl)c1ccc([N+](=O)[O-])cc1. The van der Waals surface area contributed by atoms with Crippen LogP contribution in [-0.4, -0.2) is 27.9 Å². The standard InChI is InChI=1S/C21H13ClN4O7/c22-18-4-2-1-3-17(18)21(28)33-19-10-9-16(26(31)32)11-14(19)12-23-24-20(27)13-5-7-15(8-6-13)25(29)30/h1-12H,(H,24,27)/b23-12+. The molecule has 0 aliphatic carbocycles. The van der Waals surface area contributed by atoms with Gasteiger partial charge in [-0.05, 0) is 30.3 Å². The van der Waals surface area contributed by atoms with Crippen molar-refractivity contribution in [3.05, 3.63) is 109 Å². The molecule has 0 spiro atoms. The van der Waals surface area contributed by atoms with Crippen molar-refractivity contribution in [2.75, 3.05) is 0 Å². The molecule has 12 heteroatoms. The number of nitro groups is 2. The second-order valence-electron chi connectivity index (χ2n) is 6.35. The van der Waals surface area contributed by atoms with Crippen LogP contribution in [0, 0.1) is 20.2 Å². The number of rotatable bonds is 7. The fourth-order valence-electron chi connectivity index (χ4n) is 2.58. The van der Waals surface area contributed by atoms with Crippen molar-refractivity contribution in [1.82, 2.24) is 5.43 Å². The second-order valence-corrected chi connectivity index (χ2v) is 6.76.